The summed E-state index contributed by atoms with van der Waals surface area (Å²) in [6.45, 7) is 5.49. The summed E-state index contributed by atoms with van der Waals surface area (Å²) in [4.78, 5) is 40.0. The molecule has 0 spiro atoms. The van der Waals surface area contributed by atoms with Gasteiger partial charge in [0, 0.05) is 31.8 Å². The van der Waals surface area contributed by atoms with Crippen LogP contribution in [0.5, 0.6) is 0 Å². The Hall–Kier alpha value is -3.19. The molecule has 0 radical (unpaired) electrons. The average molecular weight is 436 g/mol. The number of nitrogens with one attached hydrogen (secondary N) is 2. The Kier molecular flexibility index (Phi) is 6.55. The Labute approximate surface area is 188 Å². The van der Waals surface area contributed by atoms with Crippen molar-refractivity contribution in [3.05, 3.63) is 59.2 Å². The topological polar surface area (TPSA) is 87.7 Å². The summed E-state index contributed by atoms with van der Waals surface area (Å²) in [5.74, 6) is -1.06. The third-order valence-electron chi connectivity index (χ3n) is 6.31. The Balaban J connectivity index is 1.42. The minimum Gasteiger partial charge on any atom is -0.376 e. The maximum atomic E-state index is 13.0. The maximum Gasteiger partial charge on any atom is 0.253 e. The molecule has 0 saturated carbocycles. The number of hydrogen-bond acceptors (Lipinski definition) is 4. The minimum atomic E-state index is -0.481. The van der Waals surface area contributed by atoms with Gasteiger partial charge >= 0.3 is 0 Å². The van der Waals surface area contributed by atoms with E-state index in [4.69, 9.17) is 4.74 Å². The number of nitrogens with zero attached hydrogens (tertiary/aromatic N) is 1. The van der Waals surface area contributed by atoms with E-state index in [1.165, 1.54) is 0 Å². The Morgan fingerprint density at radius 1 is 1.12 bits per heavy atom. The Bertz CT molecular complexity index is 1030. The number of amides is 3. The van der Waals surface area contributed by atoms with Crippen LogP contribution in [-0.4, -0.2) is 43.5 Å². The number of aryl methyl sites for hydroxylation is 1. The fraction of sp³-hybridized carbons (Fsp3) is 0.400. The van der Waals surface area contributed by atoms with Crippen molar-refractivity contribution in [1.82, 2.24) is 5.32 Å². The van der Waals surface area contributed by atoms with Crippen LogP contribution in [-0.2, 0) is 14.3 Å². The van der Waals surface area contributed by atoms with Crippen LogP contribution in [0.1, 0.15) is 40.7 Å². The summed E-state index contributed by atoms with van der Waals surface area (Å²) >= 11 is 0. The molecule has 3 amide bonds. The van der Waals surface area contributed by atoms with E-state index in [1.54, 1.807) is 29.2 Å². The van der Waals surface area contributed by atoms with Crippen LogP contribution in [0.25, 0.3) is 0 Å². The maximum absolute atomic E-state index is 13.0. The number of para-hydroxylation sites is 1. The van der Waals surface area contributed by atoms with Gasteiger partial charge in [0.25, 0.3) is 5.91 Å². The lowest BCUT2D eigenvalue weighted by atomic mass is 10.1. The highest BCUT2D eigenvalue weighted by Gasteiger charge is 2.36. The molecule has 0 aromatic heterocycles. The van der Waals surface area contributed by atoms with E-state index in [1.807, 2.05) is 32.0 Å². The number of anilines is 2. The molecule has 2 aromatic carbocycles. The zero-order valence-electron chi connectivity index (χ0n) is 18.5. The van der Waals surface area contributed by atoms with Crippen LogP contribution < -0.4 is 15.5 Å². The van der Waals surface area contributed by atoms with Crippen LogP contribution in [0, 0.1) is 19.8 Å². The summed E-state index contributed by atoms with van der Waals surface area (Å²) in [6, 6.07) is 12.8. The summed E-state index contributed by atoms with van der Waals surface area (Å²) in [7, 11) is 0. The van der Waals surface area contributed by atoms with E-state index in [2.05, 4.69) is 10.6 Å². The fourth-order valence-electron chi connectivity index (χ4n) is 4.28. The van der Waals surface area contributed by atoms with Gasteiger partial charge in [-0.15, -0.1) is 0 Å². The summed E-state index contributed by atoms with van der Waals surface area (Å²) in [5.41, 5.74) is 3.83. The second-order valence-electron chi connectivity index (χ2n) is 8.50. The van der Waals surface area contributed by atoms with Crippen molar-refractivity contribution < 1.29 is 19.1 Å². The molecule has 2 fully saturated rings. The van der Waals surface area contributed by atoms with Gasteiger partial charge in [0.05, 0.1) is 23.3 Å². The van der Waals surface area contributed by atoms with Crippen molar-refractivity contribution in [2.24, 2.45) is 5.92 Å². The molecule has 2 aliphatic heterocycles. The second-order valence-corrected chi connectivity index (χ2v) is 8.50. The second kappa shape index (κ2) is 9.53. The standard InChI is InChI=1S/C25H29N3O4/c1-16-7-5-11-22(17(16)2)28-15-18(13-23(28)29)24(30)27-21-10-4-3-9-20(21)25(31)26-14-19-8-6-12-32-19/h3-5,7,9-11,18-19H,6,8,12-15H2,1-2H3,(H,26,31)(H,27,30)/t18-,19+/m0/s1. The Morgan fingerprint density at radius 3 is 2.72 bits per heavy atom. The van der Waals surface area contributed by atoms with Crippen molar-refractivity contribution in [2.45, 2.75) is 39.2 Å². The van der Waals surface area contributed by atoms with Crippen LogP contribution >= 0.6 is 0 Å². The third-order valence-corrected chi connectivity index (χ3v) is 6.31. The summed E-state index contributed by atoms with van der Waals surface area (Å²) < 4.78 is 5.55. The van der Waals surface area contributed by atoms with Gasteiger partial charge in [-0.2, -0.15) is 0 Å². The highest BCUT2D eigenvalue weighted by Crippen LogP contribution is 2.30. The first kappa shape index (κ1) is 22.0. The molecule has 2 atom stereocenters. The van der Waals surface area contributed by atoms with Gasteiger partial charge in [0.2, 0.25) is 11.8 Å². The predicted molar refractivity (Wildman–Crippen MR) is 123 cm³/mol. The molecule has 2 saturated heterocycles. The molecule has 168 valence electrons. The zero-order chi connectivity index (χ0) is 22.7. The lowest BCUT2D eigenvalue weighted by Gasteiger charge is -2.20. The van der Waals surface area contributed by atoms with Gasteiger partial charge in [-0.05, 0) is 56.0 Å². The molecule has 2 N–H and O–H groups in total. The largest absolute Gasteiger partial charge is 0.376 e. The molecule has 4 rings (SSSR count). The van der Waals surface area contributed by atoms with E-state index in [0.29, 0.717) is 24.3 Å². The molecular formula is C25H29N3O4. The molecule has 2 aromatic rings. The number of benzene rings is 2. The quantitative estimate of drug-likeness (QED) is 0.729. The molecule has 32 heavy (non-hydrogen) atoms. The molecular weight excluding hydrogens is 406 g/mol. The molecule has 2 heterocycles. The Morgan fingerprint density at radius 2 is 1.94 bits per heavy atom. The lowest BCUT2D eigenvalue weighted by molar-refractivity contribution is -0.122. The van der Waals surface area contributed by atoms with Crippen molar-refractivity contribution in [2.75, 3.05) is 29.9 Å². The van der Waals surface area contributed by atoms with Gasteiger partial charge in [-0.3, -0.25) is 14.4 Å². The van der Waals surface area contributed by atoms with E-state index < -0.39 is 5.92 Å². The van der Waals surface area contributed by atoms with Gasteiger partial charge in [-0.25, -0.2) is 0 Å². The van der Waals surface area contributed by atoms with Gasteiger partial charge in [0.1, 0.15) is 0 Å². The number of ether oxygens (including phenoxy) is 1. The SMILES string of the molecule is Cc1cccc(N2C[C@@H](C(=O)Nc3ccccc3C(=O)NC[C@H]3CCCO3)CC2=O)c1C. The van der Waals surface area contributed by atoms with Crippen LogP contribution in [0.2, 0.25) is 0 Å². The molecule has 0 unspecified atom stereocenters. The monoisotopic (exact) mass is 435 g/mol. The number of hydrogen-bond donors (Lipinski definition) is 2. The first-order valence-electron chi connectivity index (χ1n) is 11.1. The molecule has 0 aliphatic carbocycles. The number of rotatable bonds is 6. The first-order chi connectivity index (χ1) is 15.4. The zero-order valence-corrected chi connectivity index (χ0v) is 18.5. The molecule has 0 bridgehead atoms. The number of carbonyl (C=O) groups is 3. The van der Waals surface area contributed by atoms with Gasteiger partial charge in [0.15, 0.2) is 0 Å². The van der Waals surface area contributed by atoms with Crippen molar-refractivity contribution in [3.8, 4) is 0 Å². The lowest BCUT2D eigenvalue weighted by Crippen LogP contribution is -2.33. The summed E-state index contributed by atoms with van der Waals surface area (Å²) in [6.07, 6.45) is 2.13. The normalized spacial score (nSPS) is 20.4. The van der Waals surface area contributed by atoms with E-state index in [-0.39, 0.29) is 30.2 Å². The molecule has 7 nitrogen and oxygen atoms in total. The van der Waals surface area contributed by atoms with Crippen LogP contribution in [0.4, 0.5) is 11.4 Å². The highest BCUT2D eigenvalue weighted by molar-refractivity contribution is 6.07. The average Bonchev–Trinajstić information content (AvgIpc) is 3.44. The van der Waals surface area contributed by atoms with Crippen LogP contribution in [0.3, 0.4) is 0 Å². The number of carbonyl (C=O) groups excluding carboxylic acids is 3. The summed E-state index contributed by atoms with van der Waals surface area (Å²) in [5, 5.41) is 5.76. The van der Waals surface area contributed by atoms with E-state index in [9.17, 15) is 14.4 Å². The van der Waals surface area contributed by atoms with Crippen molar-refractivity contribution >= 4 is 29.1 Å². The smallest absolute Gasteiger partial charge is 0.253 e. The fourth-order valence-corrected chi connectivity index (χ4v) is 4.28. The van der Waals surface area contributed by atoms with Gasteiger partial charge < -0.3 is 20.3 Å². The first-order valence-corrected chi connectivity index (χ1v) is 11.1. The van der Waals surface area contributed by atoms with Crippen LogP contribution in [0.15, 0.2) is 42.5 Å². The van der Waals surface area contributed by atoms with E-state index in [0.717, 1.165) is 36.3 Å². The van der Waals surface area contributed by atoms with Crippen molar-refractivity contribution in [3.63, 3.8) is 0 Å². The van der Waals surface area contributed by atoms with Crippen molar-refractivity contribution in [1.29, 1.82) is 0 Å². The van der Waals surface area contributed by atoms with E-state index >= 15 is 0 Å². The predicted octanol–water partition coefficient (Wildman–Crippen LogP) is 3.20. The molecule has 2 aliphatic rings. The van der Waals surface area contributed by atoms with Gasteiger partial charge in [-0.1, -0.05) is 24.3 Å². The highest BCUT2D eigenvalue weighted by atomic mass is 16.5. The minimum absolute atomic E-state index is 0.0428. The third kappa shape index (κ3) is 4.67. The molecule has 7 heteroatoms.